The summed E-state index contributed by atoms with van der Waals surface area (Å²) in [6.07, 6.45) is 2.47. The summed E-state index contributed by atoms with van der Waals surface area (Å²) in [7, 11) is 0. The van der Waals surface area contributed by atoms with Gasteiger partial charge < -0.3 is 15.2 Å². The van der Waals surface area contributed by atoms with Crippen molar-refractivity contribution in [2.75, 3.05) is 18.9 Å². The minimum Gasteiger partial charge on any atom is -0.489 e. The molecule has 1 fully saturated rings. The summed E-state index contributed by atoms with van der Waals surface area (Å²) in [6, 6.07) is 5.84. The van der Waals surface area contributed by atoms with Crippen LogP contribution in [0, 0.1) is 6.92 Å². The number of nitrogen functional groups attached to an aromatic ring is 1. The fourth-order valence-electron chi connectivity index (χ4n) is 1.76. The summed E-state index contributed by atoms with van der Waals surface area (Å²) in [5.41, 5.74) is 7.69. The van der Waals surface area contributed by atoms with Gasteiger partial charge in [0.05, 0.1) is 11.8 Å². The van der Waals surface area contributed by atoms with Gasteiger partial charge in [0, 0.05) is 6.61 Å². The number of anilines is 1. The highest BCUT2D eigenvalue weighted by Gasteiger charge is 2.16. The van der Waals surface area contributed by atoms with E-state index < -0.39 is 0 Å². The zero-order chi connectivity index (χ0) is 10.7. The summed E-state index contributed by atoms with van der Waals surface area (Å²) in [4.78, 5) is 0. The molecule has 0 radical (unpaired) electrons. The van der Waals surface area contributed by atoms with Crippen LogP contribution in [0.4, 0.5) is 5.69 Å². The van der Waals surface area contributed by atoms with Gasteiger partial charge in [-0.15, -0.1) is 0 Å². The van der Waals surface area contributed by atoms with E-state index in [-0.39, 0.29) is 6.10 Å². The molecule has 0 amide bonds. The highest BCUT2D eigenvalue weighted by molar-refractivity contribution is 5.53. The average molecular weight is 207 g/mol. The second-order valence-electron chi connectivity index (χ2n) is 3.99. The lowest BCUT2D eigenvalue weighted by atomic mass is 10.2. The fourth-order valence-corrected chi connectivity index (χ4v) is 1.76. The van der Waals surface area contributed by atoms with Crippen molar-refractivity contribution in [1.82, 2.24) is 0 Å². The number of rotatable bonds is 3. The Morgan fingerprint density at radius 3 is 3.07 bits per heavy atom. The van der Waals surface area contributed by atoms with E-state index >= 15 is 0 Å². The average Bonchev–Trinajstić information content (AvgIpc) is 2.69. The molecule has 0 bridgehead atoms. The Morgan fingerprint density at radius 2 is 2.40 bits per heavy atom. The van der Waals surface area contributed by atoms with E-state index in [1.807, 2.05) is 25.1 Å². The van der Waals surface area contributed by atoms with Gasteiger partial charge in [-0.3, -0.25) is 0 Å². The minimum absolute atomic E-state index is 0.241. The predicted molar refractivity (Wildman–Crippen MR) is 60.1 cm³/mol. The molecule has 2 N–H and O–H groups in total. The van der Waals surface area contributed by atoms with E-state index in [9.17, 15) is 0 Å². The van der Waals surface area contributed by atoms with Crippen molar-refractivity contribution in [3.63, 3.8) is 0 Å². The molecule has 15 heavy (non-hydrogen) atoms. The van der Waals surface area contributed by atoms with Crippen molar-refractivity contribution in [2.45, 2.75) is 25.9 Å². The lowest BCUT2D eigenvalue weighted by Crippen LogP contribution is -2.16. The van der Waals surface area contributed by atoms with E-state index in [0.29, 0.717) is 12.3 Å². The van der Waals surface area contributed by atoms with E-state index in [4.69, 9.17) is 15.2 Å². The van der Waals surface area contributed by atoms with Gasteiger partial charge in [0.25, 0.3) is 0 Å². The van der Waals surface area contributed by atoms with Crippen LogP contribution >= 0.6 is 0 Å². The van der Waals surface area contributed by atoms with Crippen molar-refractivity contribution >= 4 is 5.69 Å². The first-order valence-electron chi connectivity index (χ1n) is 5.36. The van der Waals surface area contributed by atoms with Crippen LogP contribution in [-0.2, 0) is 4.74 Å². The van der Waals surface area contributed by atoms with Gasteiger partial charge in [0.2, 0.25) is 0 Å². The van der Waals surface area contributed by atoms with Crippen LogP contribution in [-0.4, -0.2) is 19.3 Å². The number of hydrogen-bond donors (Lipinski definition) is 1. The second-order valence-corrected chi connectivity index (χ2v) is 3.99. The number of hydrogen-bond acceptors (Lipinski definition) is 3. The van der Waals surface area contributed by atoms with Crippen molar-refractivity contribution < 1.29 is 9.47 Å². The Morgan fingerprint density at radius 1 is 1.53 bits per heavy atom. The van der Waals surface area contributed by atoms with Crippen LogP contribution in [0.25, 0.3) is 0 Å². The predicted octanol–water partition coefficient (Wildman–Crippen LogP) is 2.14. The van der Waals surface area contributed by atoms with Gasteiger partial charge >= 0.3 is 0 Å². The van der Waals surface area contributed by atoms with Gasteiger partial charge in [-0.25, -0.2) is 0 Å². The van der Waals surface area contributed by atoms with Crippen LogP contribution in [0.2, 0.25) is 0 Å². The van der Waals surface area contributed by atoms with E-state index in [2.05, 4.69) is 0 Å². The maximum atomic E-state index is 5.84. The van der Waals surface area contributed by atoms with Crippen molar-refractivity contribution in [3.05, 3.63) is 23.8 Å². The lowest BCUT2D eigenvalue weighted by molar-refractivity contribution is 0.0682. The molecule has 1 aromatic rings. The number of ether oxygens (including phenoxy) is 2. The van der Waals surface area contributed by atoms with Gasteiger partial charge in [-0.05, 0) is 37.5 Å². The lowest BCUT2D eigenvalue weighted by Gasteiger charge is -2.13. The molecule has 1 heterocycles. The number of nitrogens with two attached hydrogens (primary N) is 1. The molecule has 1 saturated heterocycles. The molecule has 82 valence electrons. The molecule has 0 unspecified atom stereocenters. The van der Waals surface area contributed by atoms with E-state index in [1.54, 1.807) is 0 Å². The van der Waals surface area contributed by atoms with E-state index in [0.717, 1.165) is 30.8 Å². The second kappa shape index (κ2) is 4.53. The SMILES string of the molecule is Cc1ccc(OC[C@@H]2CCCO2)c(N)c1. The van der Waals surface area contributed by atoms with Crippen LogP contribution in [0.5, 0.6) is 5.75 Å². The Kier molecular flexibility index (Phi) is 3.11. The largest absolute Gasteiger partial charge is 0.489 e. The van der Waals surface area contributed by atoms with E-state index in [1.165, 1.54) is 0 Å². The standard InChI is InChI=1S/C12H17NO2/c1-9-4-5-12(11(13)7-9)15-8-10-3-2-6-14-10/h4-5,7,10H,2-3,6,8,13H2,1H3/t10-/m0/s1. The topological polar surface area (TPSA) is 44.5 Å². The van der Waals surface area contributed by atoms with Crippen LogP contribution < -0.4 is 10.5 Å². The summed E-state index contributed by atoms with van der Waals surface area (Å²) in [5.74, 6) is 0.760. The van der Waals surface area contributed by atoms with Crippen molar-refractivity contribution in [1.29, 1.82) is 0 Å². The molecule has 1 atom stereocenters. The fraction of sp³-hybridized carbons (Fsp3) is 0.500. The molecule has 1 aromatic carbocycles. The quantitative estimate of drug-likeness (QED) is 0.772. The molecular weight excluding hydrogens is 190 g/mol. The molecule has 3 heteroatoms. The Balaban J connectivity index is 1.92. The van der Waals surface area contributed by atoms with Crippen LogP contribution in [0.15, 0.2) is 18.2 Å². The third kappa shape index (κ3) is 2.63. The Hall–Kier alpha value is -1.22. The van der Waals surface area contributed by atoms with Gasteiger partial charge in [0.1, 0.15) is 12.4 Å². The highest BCUT2D eigenvalue weighted by Crippen LogP contribution is 2.23. The smallest absolute Gasteiger partial charge is 0.142 e. The molecule has 0 aliphatic carbocycles. The first kappa shape index (κ1) is 10.3. The molecule has 0 spiro atoms. The maximum Gasteiger partial charge on any atom is 0.142 e. The van der Waals surface area contributed by atoms with Crippen LogP contribution in [0.1, 0.15) is 18.4 Å². The van der Waals surface area contributed by atoms with Gasteiger partial charge in [-0.1, -0.05) is 6.07 Å². The molecule has 1 aliphatic heterocycles. The molecule has 1 aliphatic rings. The highest BCUT2D eigenvalue weighted by atomic mass is 16.5. The number of aryl methyl sites for hydroxylation is 1. The third-order valence-electron chi connectivity index (χ3n) is 2.61. The third-order valence-corrected chi connectivity index (χ3v) is 2.61. The first-order valence-corrected chi connectivity index (χ1v) is 5.36. The maximum absolute atomic E-state index is 5.84. The zero-order valence-electron chi connectivity index (χ0n) is 9.03. The Bertz CT molecular complexity index is 332. The summed E-state index contributed by atoms with van der Waals surface area (Å²) in [6.45, 7) is 3.48. The summed E-state index contributed by atoms with van der Waals surface area (Å²) >= 11 is 0. The minimum atomic E-state index is 0.241. The van der Waals surface area contributed by atoms with Crippen LogP contribution in [0.3, 0.4) is 0 Å². The van der Waals surface area contributed by atoms with Gasteiger partial charge in [0.15, 0.2) is 0 Å². The molecule has 3 nitrogen and oxygen atoms in total. The molecular formula is C12H17NO2. The summed E-state index contributed by atoms with van der Waals surface area (Å²) in [5, 5.41) is 0. The first-order chi connectivity index (χ1) is 7.25. The number of benzene rings is 1. The molecule has 0 saturated carbocycles. The monoisotopic (exact) mass is 207 g/mol. The molecule has 0 aromatic heterocycles. The summed E-state index contributed by atoms with van der Waals surface area (Å²) < 4.78 is 11.1. The zero-order valence-corrected chi connectivity index (χ0v) is 9.03. The normalized spacial score (nSPS) is 20.5. The molecule has 2 rings (SSSR count). The van der Waals surface area contributed by atoms with Gasteiger partial charge in [-0.2, -0.15) is 0 Å². The van der Waals surface area contributed by atoms with Crippen molar-refractivity contribution in [3.8, 4) is 5.75 Å². The Labute approximate surface area is 90.2 Å². The van der Waals surface area contributed by atoms with Crippen molar-refractivity contribution in [2.24, 2.45) is 0 Å².